The first-order valence-electron chi connectivity index (χ1n) is 11.3. The minimum Gasteiger partial charge on any atom is -0.356 e. The topological polar surface area (TPSA) is 83.7 Å². The van der Waals surface area contributed by atoms with Gasteiger partial charge in [-0.2, -0.15) is 0 Å². The van der Waals surface area contributed by atoms with E-state index in [0.29, 0.717) is 47.8 Å². The number of fused-ring (bicyclic) bond motifs is 2. The fourth-order valence-electron chi connectivity index (χ4n) is 4.69. The number of amides is 3. The highest BCUT2D eigenvalue weighted by molar-refractivity contribution is 6.30. The van der Waals surface area contributed by atoms with Crippen molar-refractivity contribution in [1.29, 1.82) is 0 Å². The quantitative estimate of drug-likeness (QED) is 0.502. The summed E-state index contributed by atoms with van der Waals surface area (Å²) in [6.45, 7) is 4.69. The lowest BCUT2D eigenvalue weighted by Crippen LogP contribution is -2.52. The Hall–Kier alpha value is -3.45. The van der Waals surface area contributed by atoms with E-state index < -0.39 is 17.9 Å². The van der Waals surface area contributed by atoms with Gasteiger partial charge in [-0.15, -0.1) is 0 Å². The summed E-state index contributed by atoms with van der Waals surface area (Å²) in [7, 11) is 0. The Morgan fingerprint density at radius 2 is 1.71 bits per heavy atom. The van der Waals surface area contributed by atoms with E-state index in [-0.39, 0.29) is 11.8 Å². The van der Waals surface area contributed by atoms with Gasteiger partial charge in [-0.3, -0.25) is 19.3 Å². The predicted molar refractivity (Wildman–Crippen MR) is 126 cm³/mol. The number of halogens is 1. The lowest BCUT2D eigenvalue weighted by Gasteiger charge is -2.34. The molecule has 3 aromatic rings. The molecule has 5 rings (SSSR count). The molecule has 2 aliphatic rings. The fourth-order valence-corrected chi connectivity index (χ4v) is 4.82. The molecule has 8 heteroatoms. The van der Waals surface area contributed by atoms with Gasteiger partial charge in [0.15, 0.2) is 5.76 Å². The van der Waals surface area contributed by atoms with Crippen LogP contribution >= 0.6 is 11.6 Å². The van der Waals surface area contributed by atoms with Crippen molar-refractivity contribution in [2.24, 2.45) is 5.92 Å². The van der Waals surface area contributed by atoms with Crippen molar-refractivity contribution >= 4 is 29.3 Å². The number of aromatic nitrogens is 1. The summed E-state index contributed by atoms with van der Waals surface area (Å²) < 4.78 is 5.62. The normalized spacial score (nSPS) is 16.1. The van der Waals surface area contributed by atoms with Crippen molar-refractivity contribution in [3.63, 3.8) is 0 Å². The SMILES string of the molecule is CC(C)CC(C(=O)N1CCc2noc(-c3ccc(Cl)cc3)c2C1)N1C(=O)c2ccccc2C1=O. The molecular weight excluding hydrogens is 454 g/mol. The molecule has 2 aromatic carbocycles. The Morgan fingerprint density at radius 1 is 1.06 bits per heavy atom. The van der Waals surface area contributed by atoms with E-state index >= 15 is 0 Å². The second-order valence-electron chi connectivity index (χ2n) is 9.12. The Bertz CT molecular complexity index is 1250. The van der Waals surface area contributed by atoms with Crippen LogP contribution in [0, 0.1) is 5.92 Å². The molecule has 2 aliphatic heterocycles. The average molecular weight is 478 g/mol. The van der Waals surface area contributed by atoms with Crippen molar-refractivity contribution in [2.75, 3.05) is 6.54 Å². The zero-order chi connectivity index (χ0) is 24.0. The van der Waals surface area contributed by atoms with Crippen molar-refractivity contribution in [3.05, 3.63) is 75.9 Å². The van der Waals surface area contributed by atoms with Crippen LogP contribution in [0.2, 0.25) is 5.02 Å². The van der Waals surface area contributed by atoms with Gasteiger partial charge in [0.05, 0.1) is 23.4 Å². The zero-order valence-corrected chi connectivity index (χ0v) is 19.7. The van der Waals surface area contributed by atoms with E-state index in [1.165, 1.54) is 0 Å². The van der Waals surface area contributed by atoms with E-state index in [9.17, 15) is 14.4 Å². The van der Waals surface area contributed by atoms with Gasteiger partial charge in [-0.05, 0) is 48.7 Å². The van der Waals surface area contributed by atoms with Gasteiger partial charge in [0.1, 0.15) is 6.04 Å². The van der Waals surface area contributed by atoms with Crippen molar-refractivity contribution in [1.82, 2.24) is 15.0 Å². The van der Waals surface area contributed by atoms with Gasteiger partial charge in [0.2, 0.25) is 5.91 Å². The molecule has 0 bridgehead atoms. The summed E-state index contributed by atoms with van der Waals surface area (Å²) in [5.41, 5.74) is 3.17. The maximum atomic E-state index is 13.8. The number of nitrogens with zero attached hydrogens (tertiary/aromatic N) is 3. The van der Waals surface area contributed by atoms with Crippen LogP contribution in [-0.4, -0.2) is 45.3 Å². The standard InChI is InChI=1S/C26H24ClN3O4/c1-15(2)13-22(30-24(31)18-5-3-4-6-19(18)25(30)32)26(33)29-12-11-21-20(14-29)23(34-28-21)16-7-9-17(27)10-8-16/h3-10,15,22H,11-14H2,1-2H3. The molecule has 1 aromatic heterocycles. The number of imide groups is 1. The van der Waals surface area contributed by atoms with Crippen LogP contribution in [0.1, 0.15) is 52.2 Å². The maximum absolute atomic E-state index is 13.8. The second kappa shape index (κ2) is 8.72. The largest absolute Gasteiger partial charge is 0.356 e. The molecule has 0 N–H and O–H groups in total. The lowest BCUT2D eigenvalue weighted by molar-refractivity contribution is -0.137. The zero-order valence-electron chi connectivity index (χ0n) is 19.0. The molecule has 0 spiro atoms. The van der Waals surface area contributed by atoms with Crippen molar-refractivity contribution in [2.45, 2.75) is 39.3 Å². The highest BCUT2D eigenvalue weighted by atomic mass is 35.5. The summed E-state index contributed by atoms with van der Waals surface area (Å²) in [6.07, 6.45) is 0.927. The molecule has 1 unspecified atom stereocenters. The van der Waals surface area contributed by atoms with Crippen LogP contribution in [-0.2, 0) is 17.8 Å². The third-order valence-electron chi connectivity index (χ3n) is 6.37. The van der Waals surface area contributed by atoms with Crippen LogP contribution in [0.25, 0.3) is 11.3 Å². The van der Waals surface area contributed by atoms with Crippen LogP contribution in [0.15, 0.2) is 53.1 Å². The summed E-state index contributed by atoms with van der Waals surface area (Å²) in [6, 6.07) is 13.1. The molecule has 7 nitrogen and oxygen atoms in total. The molecule has 0 saturated carbocycles. The van der Waals surface area contributed by atoms with Gasteiger partial charge in [-0.1, -0.05) is 42.7 Å². The third-order valence-corrected chi connectivity index (χ3v) is 6.62. The number of carbonyl (C=O) groups is 3. The molecule has 0 saturated heterocycles. The minimum absolute atomic E-state index is 0.110. The Labute approximate surface area is 202 Å². The van der Waals surface area contributed by atoms with Crippen LogP contribution in [0.5, 0.6) is 0 Å². The highest BCUT2D eigenvalue weighted by Gasteiger charge is 2.44. The van der Waals surface area contributed by atoms with E-state index in [1.807, 2.05) is 26.0 Å². The number of rotatable bonds is 5. The Kier molecular flexibility index (Phi) is 5.73. The van der Waals surface area contributed by atoms with Gasteiger partial charge in [0.25, 0.3) is 11.8 Å². The molecule has 34 heavy (non-hydrogen) atoms. The van der Waals surface area contributed by atoms with E-state index in [0.717, 1.165) is 21.7 Å². The van der Waals surface area contributed by atoms with Gasteiger partial charge < -0.3 is 9.42 Å². The highest BCUT2D eigenvalue weighted by Crippen LogP contribution is 2.33. The number of hydrogen-bond acceptors (Lipinski definition) is 5. The van der Waals surface area contributed by atoms with Gasteiger partial charge in [0, 0.05) is 29.1 Å². The molecule has 1 atom stereocenters. The Balaban J connectivity index is 1.44. The smallest absolute Gasteiger partial charge is 0.262 e. The molecule has 0 radical (unpaired) electrons. The predicted octanol–water partition coefficient (Wildman–Crippen LogP) is 4.59. The molecular formula is C26H24ClN3O4. The van der Waals surface area contributed by atoms with Crippen LogP contribution < -0.4 is 0 Å². The third kappa shape index (κ3) is 3.80. The Morgan fingerprint density at radius 3 is 2.32 bits per heavy atom. The number of benzene rings is 2. The number of carbonyl (C=O) groups excluding carboxylic acids is 3. The molecule has 0 aliphatic carbocycles. The average Bonchev–Trinajstić information content (AvgIpc) is 3.36. The second-order valence-corrected chi connectivity index (χ2v) is 9.56. The van der Waals surface area contributed by atoms with E-state index in [4.69, 9.17) is 16.1 Å². The summed E-state index contributed by atoms with van der Waals surface area (Å²) in [5.74, 6) is -0.352. The number of hydrogen-bond donors (Lipinski definition) is 0. The fraction of sp³-hybridized carbons (Fsp3) is 0.308. The summed E-state index contributed by atoms with van der Waals surface area (Å²) >= 11 is 6.02. The minimum atomic E-state index is -0.868. The monoisotopic (exact) mass is 477 g/mol. The van der Waals surface area contributed by atoms with Gasteiger partial charge >= 0.3 is 0 Å². The van der Waals surface area contributed by atoms with E-state index in [1.54, 1.807) is 41.3 Å². The maximum Gasteiger partial charge on any atom is 0.262 e. The molecule has 3 amide bonds. The van der Waals surface area contributed by atoms with Crippen LogP contribution in [0.3, 0.4) is 0 Å². The van der Waals surface area contributed by atoms with Gasteiger partial charge in [-0.25, -0.2) is 0 Å². The van der Waals surface area contributed by atoms with Crippen LogP contribution in [0.4, 0.5) is 0 Å². The summed E-state index contributed by atoms with van der Waals surface area (Å²) in [4.78, 5) is 42.9. The first kappa shape index (κ1) is 22.3. The van der Waals surface area contributed by atoms with Crippen molar-refractivity contribution < 1.29 is 18.9 Å². The van der Waals surface area contributed by atoms with Crippen molar-refractivity contribution in [3.8, 4) is 11.3 Å². The summed E-state index contributed by atoms with van der Waals surface area (Å²) in [5, 5.41) is 4.82. The molecule has 0 fully saturated rings. The molecule has 3 heterocycles. The lowest BCUT2D eigenvalue weighted by atomic mass is 9.98. The van der Waals surface area contributed by atoms with E-state index in [2.05, 4.69) is 5.16 Å². The first-order chi connectivity index (χ1) is 16.3. The first-order valence-corrected chi connectivity index (χ1v) is 11.7. The molecule has 174 valence electrons.